The van der Waals surface area contributed by atoms with Gasteiger partial charge in [0.25, 0.3) is 0 Å². The molecule has 10 nitrogen and oxygen atoms in total. The molecule has 0 radical (unpaired) electrons. The average Bonchev–Trinajstić information content (AvgIpc) is 1.54. The van der Waals surface area contributed by atoms with E-state index in [-0.39, 0.29) is 11.0 Å². The van der Waals surface area contributed by atoms with Gasteiger partial charge in [0.05, 0.1) is 38.2 Å². The number of nitrogens with zero attached hydrogens (tertiary/aromatic N) is 4. The van der Waals surface area contributed by atoms with Crippen LogP contribution in [0.15, 0.2) is 163 Å². The Bertz CT molecular complexity index is 4260. The number of carboxylic acids is 1. The summed E-state index contributed by atoms with van der Waals surface area (Å²) in [6.45, 7) is 20.8. The first-order valence-corrected chi connectivity index (χ1v) is 39.3. The Morgan fingerprint density at radius 3 is 1.33 bits per heavy atom. The van der Waals surface area contributed by atoms with Gasteiger partial charge in [-0.05, 0) is 168 Å². The zero-order valence-electron chi connectivity index (χ0n) is 59.8. The van der Waals surface area contributed by atoms with Crippen molar-refractivity contribution in [3.63, 3.8) is 0 Å². The van der Waals surface area contributed by atoms with Crippen LogP contribution in [0.3, 0.4) is 0 Å². The highest BCUT2D eigenvalue weighted by Crippen LogP contribution is 2.63. The van der Waals surface area contributed by atoms with E-state index < -0.39 is 5.97 Å². The lowest BCUT2D eigenvalue weighted by Gasteiger charge is -2.37. The molecule has 520 valence electrons. The van der Waals surface area contributed by atoms with Crippen molar-refractivity contribution in [2.75, 3.05) is 31.3 Å². The van der Waals surface area contributed by atoms with Gasteiger partial charge in [-0.2, -0.15) is 14.0 Å². The second-order valence-corrected chi connectivity index (χ2v) is 29.5. The fourth-order valence-corrected chi connectivity index (χ4v) is 17.3. The highest BCUT2D eigenvalue weighted by Gasteiger charge is 2.48. The third kappa shape index (κ3) is 16.7. The minimum atomic E-state index is -1.23. The lowest BCUT2D eigenvalue weighted by molar-refractivity contribution is -0.132. The first kappa shape index (κ1) is 72.7. The van der Waals surface area contributed by atoms with Crippen molar-refractivity contribution in [2.45, 2.75) is 176 Å². The van der Waals surface area contributed by atoms with E-state index in [1.165, 1.54) is 87.0 Å². The Kier molecular flexibility index (Phi) is 25.6. The first-order chi connectivity index (χ1) is 49.0. The standard InChI is InChI=1S/C87H98N4O6S3/c1-9-17-23-59(15-7)56-87(57-60(16-8)24-18-10-2)76-54-80(65-27-25-61(26-28-65)51-66(58-88)86(92)93)98-84(76)85-77(87)55-81(99-85)75-46-45-74(82-83(75)90-100-89-82)64-33-39-69(40-34-64)91(67-35-29-62(30-36-67)72-43-41-70(94-47-19-11-3)52-78(72)96-49-21-13-5)68-37-31-63(32-38-68)73-44-42-71(95-48-20-12-4)53-79(73)97-50-22-14-6/h25-46,51-55,59-60H,9-24,47-50,56-57H2,1-8H3,(H,92,93)/b66-51+. The normalized spacial score (nSPS) is 14.0. The lowest BCUT2D eigenvalue weighted by atomic mass is 9.65. The summed E-state index contributed by atoms with van der Waals surface area (Å²) >= 11 is 5.07. The Morgan fingerprint density at radius 2 is 0.890 bits per heavy atom. The van der Waals surface area contributed by atoms with Crippen molar-refractivity contribution in [3.8, 4) is 93.1 Å². The monoisotopic (exact) mass is 1390 g/mol. The van der Waals surface area contributed by atoms with E-state index in [4.69, 9.17) is 27.7 Å². The minimum absolute atomic E-state index is 0.175. The van der Waals surface area contributed by atoms with E-state index in [1.54, 1.807) is 0 Å². The van der Waals surface area contributed by atoms with Gasteiger partial charge in [-0.15, -0.1) is 22.7 Å². The molecule has 3 aromatic heterocycles. The number of aromatic nitrogens is 2. The maximum Gasteiger partial charge on any atom is 0.346 e. The van der Waals surface area contributed by atoms with E-state index in [1.807, 2.05) is 53.0 Å². The molecule has 2 atom stereocenters. The predicted molar refractivity (Wildman–Crippen MR) is 420 cm³/mol. The molecule has 1 aliphatic rings. The molecule has 0 saturated carbocycles. The lowest BCUT2D eigenvalue weighted by Crippen LogP contribution is -2.31. The molecule has 0 spiro atoms. The number of aliphatic carboxylic acids is 1. The third-order valence-corrected chi connectivity index (χ3v) is 22.9. The van der Waals surface area contributed by atoms with Crippen molar-refractivity contribution >= 4 is 74.5 Å². The molecule has 100 heavy (non-hydrogen) atoms. The second-order valence-electron chi connectivity index (χ2n) is 26.8. The largest absolute Gasteiger partial charge is 0.493 e. The Hall–Kier alpha value is -8.54. The third-order valence-electron chi connectivity index (χ3n) is 19.9. The second kappa shape index (κ2) is 35.2. The molecule has 11 rings (SSSR count). The number of benzene rings is 7. The van der Waals surface area contributed by atoms with Gasteiger partial charge in [0.15, 0.2) is 0 Å². The van der Waals surface area contributed by atoms with Crippen LogP contribution in [-0.2, 0) is 10.2 Å². The fourth-order valence-electron chi connectivity index (χ4n) is 14.0. The number of hydrogen-bond acceptors (Lipinski definition) is 12. The fraction of sp³-hybridized carbons (Fsp3) is 0.379. The summed E-state index contributed by atoms with van der Waals surface area (Å²) < 4.78 is 35.6. The van der Waals surface area contributed by atoms with Crippen molar-refractivity contribution in [1.29, 1.82) is 5.26 Å². The van der Waals surface area contributed by atoms with Crippen molar-refractivity contribution < 1.29 is 28.8 Å². The molecule has 0 saturated heterocycles. The molecule has 0 amide bonds. The molecule has 0 fully saturated rings. The molecule has 2 unspecified atom stereocenters. The number of hydrogen-bond donors (Lipinski definition) is 1. The minimum Gasteiger partial charge on any atom is -0.493 e. The van der Waals surface area contributed by atoms with Gasteiger partial charge < -0.3 is 29.0 Å². The highest BCUT2D eigenvalue weighted by molar-refractivity contribution is 7.26. The van der Waals surface area contributed by atoms with Crippen molar-refractivity contribution in [2.24, 2.45) is 11.8 Å². The quantitative estimate of drug-likeness (QED) is 0.0227. The maximum atomic E-state index is 11.8. The van der Waals surface area contributed by atoms with Gasteiger partial charge >= 0.3 is 5.97 Å². The van der Waals surface area contributed by atoms with Crippen LogP contribution in [0.1, 0.15) is 188 Å². The summed E-state index contributed by atoms with van der Waals surface area (Å²) in [5.41, 5.74) is 16.5. The number of anilines is 3. The molecule has 1 N–H and O–H groups in total. The molecule has 0 aliphatic heterocycles. The zero-order valence-corrected chi connectivity index (χ0v) is 62.3. The maximum absolute atomic E-state index is 11.8. The van der Waals surface area contributed by atoms with Gasteiger partial charge in [0.2, 0.25) is 0 Å². The summed E-state index contributed by atoms with van der Waals surface area (Å²) in [7, 11) is 0. The summed E-state index contributed by atoms with van der Waals surface area (Å²) in [5.74, 6) is 3.21. The Morgan fingerprint density at radius 1 is 0.490 bits per heavy atom. The summed E-state index contributed by atoms with van der Waals surface area (Å²) in [6.07, 6.45) is 21.3. The van der Waals surface area contributed by atoms with Crippen LogP contribution in [0.4, 0.5) is 17.1 Å². The molecular formula is C87H98N4O6S3. The summed E-state index contributed by atoms with van der Waals surface area (Å²) in [4.78, 5) is 19.2. The molecule has 0 bridgehead atoms. The van der Waals surface area contributed by atoms with Gasteiger partial charge in [-0.3, -0.25) is 0 Å². The zero-order chi connectivity index (χ0) is 70.0. The number of unbranched alkanes of at least 4 members (excludes halogenated alkanes) is 6. The van der Waals surface area contributed by atoms with E-state index in [0.29, 0.717) is 43.8 Å². The smallest absolute Gasteiger partial charge is 0.346 e. The Labute approximate surface area is 606 Å². The van der Waals surface area contributed by atoms with Crippen LogP contribution in [0.25, 0.3) is 81.1 Å². The van der Waals surface area contributed by atoms with Gasteiger partial charge in [-0.1, -0.05) is 205 Å². The number of carboxylic acid groups (broad SMARTS) is 1. The molecule has 10 aromatic rings. The molecular weight excluding hydrogens is 1290 g/mol. The van der Waals surface area contributed by atoms with Crippen LogP contribution in [-0.4, -0.2) is 46.3 Å². The SMILES string of the molecule is CCCCOc1ccc(-c2ccc(N(c3ccc(-c4ccc(OCCCC)cc4OCCCC)cc3)c3ccc(-c4ccc(-c5cc6c(s5)-c5sc(-c7ccc(/C=C(\C#N)C(=O)O)cc7)cc5C6(CC(CC)CCCC)CC(CC)CCCC)c5nsnc45)cc3)cc2)c(OCCCC)c1. The summed E-state index contributed by atoms with van der Waals surface area (Å²) in [6, 6.07) is 58.5. The van der Waals surface area contributed by atoms with Crippen molar-refractivity contribution in [3.05, 3.63) is 180 Å². The van der Waals surface area contributed by atoms with Gasteiger partial charge in [0.1, 0.15) is 45.7 Å². The first-order valence-electron chi connectivity index (χ1n) is 36.9. The summed E-state index contributed by atoms with van der Waals surface area (Å²) in [5, 5.41) is 19.1. The molecule has 1 aliphatic carbocycles. The predicted octanol–water partition coefficient (Wildman–Crippen LogP) is 25.8. The Balaban J connectivity index is 0.967. The molecule has 13 heteroatoms. The molecule has 3 heterocycles. The van der Waals surface area contributed by atoms with Gasteiger partial charge in [0, 0.05) is 76.4 Å². The molecule has 7 aromatic carbocycles. The number of thiophene rings is 2. The number of ether oxygens (including phenoxy) is 4. The number of carbonyl (C=O) groups is 1. The van der Waals surface area contributed by atoms with E-state index in [2.05, 4.69) is 194 Å². The van der Waals surface area contributed by atoms with E-state index in [9.17, 15) is 15.2 Å². The average molecular weight is 1390 g/mol. The van der Waals surface area contributed by atoms with E-state index in [0.717, 1.165) is 173 Å². The van der Waals surface area contributed by atoms with E-state index >= 15 is 0 Å². The number of rotatable bonds is 38. The van der Waals surface area contributed by atoms with Crippen LogP contribution in [0.2, 0.25) is 0 Å². The van der Waals surface area contributed by atoms with Crippen LogP contribution in [0.5, 0.6) is 23.0 Å². The van der Waals surface area contributed by atoms with Crippen LogP contribution >= 0.6 is 34.4 Å². The van der Waals surface area contributed by atoms with Crippen LogP contribution < -0.4 is 23.8 Å². The van der Waals surface area contributed by atoms with Gasteiger partial charge in [-0.25, -0.2) is 4.79 Å². The van der Waals surface area contributed by atoms with Crippen molar-refractivity contribution in [1.82, 2.24) is 8.75 Å². The topological polar surface area (TPSA) is 127 Å². The van der Waals surface area contributed by atoms with Crippen LogP contribution in [0, 0.1) is 23.2 Å². The number of fused-ring (bicyclic) bond motifs is 4. The number of nitriles is 1. The highest BCUT2D eigenvalue weighted by atomic mass is 32.1.